The average molecular weight is 960 g/mol. The monoisotopic (exact) mass is 960 g/mol. The van der Waals surface area contributed by atoms with E-state index in [9.17, 15) is 14.3 Å². The maximum absolute atomic E-state index is 12.8. The summed E-state index contributed by atoms with van der Waals surface area (Å²) in [6, 6.07) is 0. The largest absolute Gasteiger partial charge is 0.756 e. The third kappa shape index (κ3) is 54.7. The number of rotatable bonds is 51. The van der Waals surface area contributed by atoms with E-state index in [0.29, 0.717) is 24.1 Å². The van der Waals surface area contributed by atoms with Gasteiger partial charge in [-0.3, -0.25) is 9.36 Å². The minimum atomic E-state index is -4.54. The zero-order valence-electron chi connectivity index (χ0n) is 44.3. The summed E-state index contributed by atoms with van der Waals surface area (Å²) in [5.74, 6) is -0.342. The van der Waals surface area contributed by atoms with Gasteiger partial charge in [-0.15, -0.1) is 0 Å². The predicted molar refractivity (Wildman–Crippen MR) is 286 cm³/mol. The molecule has 390 valence electrons. The van der Waals surface area contributed by atoms with Crippen LogP contribution in [-0.2, 0) is 27.9 Å². The molecule has 0 saturated carbocycles. The van der Waals surface area contributed by atoms with Crippen LogP contribution in [0.15, 0.2) is 72.9 Å². The first kappa shape index (κ1) is 64.9. The van der Waals surface area contributed by atoms with Crippen molar-refractivity contribution >= 4 is 13.8 Å². The third-order valence-corrected chi connectivity index (χ3v) is 12.7. The van der Waals surface area contributed by atoms with Crippen molar-refractivity contribution < 1.29 is 37.3 Å². The molecule has 2 unspecified atom stereocenters. The molecule has 0 fully saturated rings. The van der Waals surface area contributed by atoms with Crippen LogP contribution >= 0.6 is 7.82 Å². The number of carbonyl (C=O) groups is 1. The van der Waals surface area contributed by atoms with Crippen LogP contribution in [0.2, 0.25) is 0 Å². The molecule has 0 aliphatic rings. The molecule has 0 rings (SSSR count). The Morgan fingerprint density at radius 1 is 0.463 bits per heavy atom. The van der Waals surface area contributed by atoms with E-state index >= 15 is 0 Å². The van der Waals surface area contributed by atoms with Gasteiger partial charge < -0.3 is 27.9 Å². The lowest BCUT2D eigenvalue weighted by Gasteiger charge is -2.28. The number of esters is 1. The maximum atomic E-state index is 12.8. The molecular weight excluding hydrogens is 854 g/mol. The van der Waals surface area contributed by atoms with Gasteiger partial charge in [-0.25, -0.2) is 0 Å². The number of quaternary nitrogens is 1. The summed E-state index contributed by atoms with van der Waals surface area (Å²) < 4.78 is 34.8. The van der Waals surface area contributed by atoms with E-state index < -0.39 is 13.9 Å². The average Bonchev–Trinajstić information content (AvgIpc) is 3.29. The van der Waals surface area contributed by atoms with Crippen molar-refractivity contribution in [2.75, 3.05) is 54.1 Å². The number of likely N-dealkylation sites (N-methyl/N-ethyl adjacent to an activating group) is 1. The fourth-order valence-electron chi connectivity index (χ4n) is 7.44. The van der Waals surface area contributed by atoms with E-state index in [0.717, 1.165) is 70.6 Å². The normalized spacial score (nSPS) is 14.1. The summed E-state index contributed by atoms with van der Waals surface area (Å²) in [6.45, 7) is 5.36. The van der Waals surface area contributed by atoms with Gasteiger partial charge in [0.25, 0.3) is 7.82 Å². The molecule has 0 amide bonds. The quantitative estimate of drug-likeness (QED) is 0.0197. The standard InChI is InChI=1S/C58H106NO7P/c1-6-8-10-12-14-16-18-20-22-24-26-28-29-30-31-32-33-35-37-39-41-43-45-47-49-51-58(60)66-57(56-65-67(61,62)64-54-52-59(3,4)5)55-63-53-50-48-46-44-42-40-38-36-34-27-25-23-21-19-17-15-13-11-9-7-2/h15,17-18,20-21,23-24,26-27,29-30,34,57H,6-14,16,19,22,25,28,31-33,35-56H2,1-5H3/b17-15-,20-18-,23-21-,26-24-,30-29-,34-27-. The number of unbranched alkanes of at least 4 members (excludes halogenated alkanes) is 25. The molecule has 0 heterocycles. The molecule has 0 saturated heterocycles. The van der Waals surface area contributed by atoms with Gasteiger partial charge in [0.2, 0.25) is 0 Å². The van der Waals surface area contributed by atoms with Crippen molar-refractivity contribution in [3.05, 3.63) is 72.9 Å². The van der Waals surface area contributed by atoms with E-state index in [1.165, 1.54) is 141 Å². The maximum Gasteiger partial charge on any atom is 0.306 e. The van der Waals surface area contributed by atoms with Crippen molar-refractivity contribution in [1.29, 1.82) is 0 Å². The van der Waals surface area contributed by atoms with E-state index in [2.05, 4.69) is 86.8 Å². The Morgan fingerprint density at radius 2 is 0.821 bits per heavy atom. The summed E-state index contributed by atoms with van der Waals surface area (Å²) in [5.41, 5.74) is 0. The van der Waals surface area contributed by atoms with Crippen LogP contribution in [0.5, 0.6) is 0 Å². The molecule has 2 atom stereocenters. The number of hydrogen-bond donors (Lipinski definition) is 0. The van der Waals surface area contributed by atoms with Crippen LogP contribution in [0.1, 0.15) is 232 Å². The minimum Gasteiger partial charge on any atom is -0.756 e. The van der Waals surface area contributed by atoms with Gasteiger partial charge in [-0.2, -0.15) is 0 Å². The Bertz CT molecular complexity index is 1300. The second-order valence-electron chi connectivity index (χ2n) is 19.6. The van der Waals surface area contributed by atoms with Crippen molar-refractivity contribution in [2.24, 2.45) is 0 Å². The number of nitrogens with zero attached hydrogens (tertiary/aromatic N) is 1. The SMILES string of the molecule is CCCCC/C=C\C/C=C\C/C=C\CCCCCCCCCOCC(COP(=O)([O-])OCC[N+](C)(C)C)OC(=O)CCCCCCCCCCCC/C=C\C/C=C\C/C=C\CCCCCCC. The van der Waals surface area contributed by atoms with Crippen LogP contribution in [0.4, 0.5) is 0 Å². The fraction of sp³-hybridized carbons (Fsp3) is 0.776. The summed E-state index contributed by atoms with van der Waals surface area (Å²) in [6.07, 6.45) is 66.4. The molecular formula is C58H106NO7P. The molecule has 8 nitrogen and oxygen atoms in total. The first-order valence-corrected chi connectivity index (χ1v) is 29.1. The minimum absolute atomic E-state index is 0.0201. The molecule has 0 aromatic heterocycles. The highest BCUT2D eigenvalue weighted by Gasteiger charge is 2.20. The molecule has 0 radical (unpaired) electrons. The molecule has 0 aliphatic heterocycles. The summed E-state index contributed by atoms with van der Waals surface area (Å²) in [7, 11) is 1.34. The molecule has 0 aromatic carbocycles. The van der Waals surface area contributed by atoms with E-state index in [1.807, 2.05) is 21.1 Å². The number of phosphoric ester groups is 1. The van der Waals surface area contributed by atoms with E-state index in [4.69, 9.17) is 18.5 Å². The van der Waals surface area contributed by atoms with Gasteiger partial charge in [0.05, 0.1) is 34.4 Å². The summed E-state index contributed by atoms with van der Waals surface area (Å²) >= 11 is 0. The lowest BCUT2D eigenvalue weighted by Crippen LogP contribution is -2.37. The van der Waals surface area contributed by atoms with Crippen molar-refractivity contribution in [3.8, 4) is 0 Å². The number of ether oxygens (including phenoxy) is 2. The first-order chi connectivity index (χ1) is 32.6. The lowest BCUT2D eigenvalue weighted by atomic mass is 10.0. The zero-order valence-corrected chi connectivity index (χ0v) is 45.2. The Labute approximate surface area is 414 Å². The Hall–Kier alpha value is -2.06. The molecule has 0 N–H and O–H groups in total. The Kier molecular flexibility index (Phi) is 48.8. The molecule has 0 bridgehead atoms. The van der Waals surface area contributed by atoms with Crippen molar-refractivity contribution in [3.63, 3.8) is 0 Å². The van der Waals surface area contributed by atoms with Crippen LogP contribution in [0.3, 0.4) is 0 Å². The van der Waals surface area contributed by atoms with Gasteiger partial charge in [0.15, 0.2) is 0 Å². The highest BCUT2D eigenvalue weighted by atomic mass is 31.2. The number of allylic oxidation sites excluding steroid dienone is 12. The highest BCUT2D eigenvalue weighted by molar-refractivity contribution is 7.45. The fourth-order valence-corrected chi connectivity index (χ4v) is 8.17. The van der Waals surface area contributed by atoms with Gasteiger partial charge in [0, 0.05) is 13.0 Å². The van der Waals surface area contributed by atoms with Gasteiger partial charge in [-0.05, 0) is 89.9 Å². The van der Waals surface area contributed by atoms with Crippen LogP contribution in [0, 0.1) is 0 Å². The Balaban J connectivity index is 4.14. The summed E-state index contributed by atoms with van der Waals surface area (Å²) in [4.78, 5) is 25.2. The lowest BCUT2D eigenvalue weighted by molar-refractivity contribution is -0.870. The second kappa shape index (κ2) is 50.3. The van der Waals surface area contributed by atoms with Gasteiger partial charge >= 0.3 is 5.97 Å². The first-order valence-electron chi connectivity index (χ1n) is 27.7. The Morgan fingerprint density at radius 3 is 1.25 bits per heavy atom. The van der Waals surface area contributed by atoms with E-state index in [-0.39, 0.29) is 25.8 Å². The molecule has 0 aliphatic carbocycles. The molecule has 0 aromatic rings. The van der Waals surface area contributed by atoms with Crippen molar-refractivity contribution in [2.45, 2.75) is 238 Å². The summed E-state index contributed by atoms with van der Waals surface area (Å²) in [5, 5.41) is 0. The van der Waals surface area contributed by atoms with Gasteiger partial charge in [0.1, 0.15) is 19.3 Å². The van der Waals surface area contributed by atoms with Crippen LogP contribution in [-0.4, -0.2) is 70.7 Å². The number of hydrogen-bond acceptors (Lipinski definition) is 7. The molecule has 9 heteroatoms. The van der Waals surface area contributed by atoms with Gasteiger partial charge in [-0.1, -0.05) is 209 Å². The van der Waals surface area contributed by atoms with E-state index in [1.54, 1.807) is 0 Å². The number of carbonyl (C=O) groups excluding carboxylic acids is 1. The molecule has 0 spiro atoms. The van der Waals surface area contributed by atoms with Crippen LogP contribution < -0.4 is 4.89 Å². The van der Waals surface area contributed by atoms with Crippen molar-refractivity contribution in [1.82, 2.24) is 0 Å². The third-order valence-electron chi connectivity index (χ3n) is 11.7. The second-order valence-corrected chi connectivity index (χ2v) is 21.0. The highest BCUT2D eigenvalue weighted by Crippen LogP contribution is 2.38. The predicted octanol–water partition coefficient (Wildman–Crippen LogP) is 16.8. The topological polar surface area (TPSA) is 94.1 Å². The zero-order chi connectivity index (χ0) is 49.0. The molecule has 67 heavy (non-hydrogen) atoms. The van der Waals surface area contributed by atoms with Crippen LogP contribution in [0.25, 0.3) is 0 Å². The number of phosphoric acid groups is 1. The smallest absolute Gasteiger partial charge is 0.306 e.